The van der Waals surface area contributed by atoms with Gasteiger partial charge in [0.05, 0.1) is 16.8 Å². The molecule has 0 atom stereocenters. The summed E-state index contributed by atoms with van der Waals surface area (Å²) in [5.74, 6) is -1.66. The molecule has 2 heterocycles. The van der Waals surface area contributed by atoms with Crippen LogP contribution in [0.4, 0.5) is 11.4 Å². The zero-order valence-corrected chi connectivity index (χ0v) is 16.0. The summed E-state index contributed by atoms with van der Waals surface area (Å²) < 4.78 is 0. The summed E-state index contributed by atoms with van der Waals surface area (Å²) in [6, 6.07) is 9.47. The number of carbonyl (C=O) groups excluding carboxylic acids is 3. The number of hydrogen-bond acceptors (Lipinski definition) is 5. The Hall–Kier alpha value is -4.27. The molecular formula is C21H16N4O5. The maximum absolute atomic E-state index is 13.0. The zero-order chi connectivity index (χ0) is 21.6. The quantitative estimate of drug-likeness (QED) is 0.572. The van der Waals surface area contributed by atoms with Crippen molar-refractivity contribution in [1.29, 1.82) is 0 Å². The van der Waals surface area contributed by atoms with Gasteiger partial charge in [-0.25, -0.2) is 9.69 Å². The van der Waals surface area contributed by atoms with E-state index in [-0.39, 0.29) is 22.4 Å². The number of aromatic nitrogens is 2. The van der Waals surface area contributed by atoms with Crippen LogP contribution in [0, 0.1) is 13.8 Å². The second-order valence-corrected chi connectivity index (χ2v) is 6.86. The number of nitrogens with zero attached hydrogens (tertiary/aromatic N) is 1. The Balaban J connectivity index is 1.68. The van der Waals surface area contributed by atoms with Gasteiger partial charge in [-0.2, -0.15) is 0 Å². The van der Waals surface area contributed by atoms with E-state index in [0.29, 0.717) is 5.69 Å². The van der Waals surface area contributed by atoms with Gasteiger partial charge in [-0.15, -0.1) is 0 Å². The van der Waals surface area contributed by atoms with Gasteiger partial charge < -0.3 is 10.3 Å². The lowest BCUT2D eigenvalue weighted by molar-refractivity contribution is 0.0925. The van der Waals surface area contributed by atoms with Crippen LogP contribution in [0.15, 0.2) is 52.2 Å². The molecule has 0 saturated carbocycles. The molecule has 0 spiro atoms. The van der Waals surface area contributed by atoms with Gasteiger partial charge in [0.1, 0.15) is 5.69 Å². The fourth-order valence-corrected chi connectivity index (χ4v) is 3.28. The van der Waals surface area contributed by atoms with Gasteiger partial charge in [-0.05, 0) is 49.2 Å². The highest BCUT2D eigenvalue weighted by atomic mass is 16.2. The fraction of sp³-hybridized carbons (Fsp3) is 0.0952. The molecule has 0 aliphatic carbocycles. The topological polar surface area (TPSA) is 132 Å². The first-order chi connectivity index (χ1) is 14.3. The van der Waals surface area contributed by atoms with Crippen molar-refractivity contribution in [2.24, 2.45) is 0 Å². The third-order valence-electron chi connectivity index (χ3n) is 5.03. The van der Waals surface area contributed by atoms with Crippen molar-refractivity contribution in [2.45, 2.75) is 13.8 Å². The second-order valence-electron chi connectivity index (χ2n) is 6.86. The summed E-state index contributed by atoms with van der Waals surface area (Å²) in [5.41, 5.74) is 1.00. The number of carbonyl (C=O) groups is 3. The third kappa shape index (κ3) is 3.02. The zero-order valence-electron chi connectivity index (χ0n) is 16.0. The van der Waals surface area contributed by atoms with Gasteiger partial charge in [0.15, 0.2) is 0 Å². The van der Waals surface area contributed by atoms with E-state index in [1.807, 2.05) is 24.9 Å². The largest absolute Gasteiger partial charge is 0.325 e. The van der Waals surface area contributed by atoms with Crippen LogP contribution in [-0.4, -0.2) is 27.7 Å². The Morgan fingerprint density at radius 2 is 1.70 bits per heavy atom. The molecule has 0 bridgehead atoms. The first-order valence-electron chi connectivity index (χ1n) is 9.00. The highest BCUT2D eigenvalue weighted by Gasteiger charge is 2.38. The smallest absolute Gasteiger partial charge is 0.316 e. The Labute approximate surface area is 169 Å². The van der Waals surface area contributed by atoms with Crippen LogP contribution in [0.5, 0.6) is 0 Å². The number of rotatable bonds is 3. The first kappa shape index (κ1) is 19.1. The SMILES string of the molecule is Cc1cccc(N2C(=O)c3ccc(C(=O)Nc4c[nH]c(=O)[nH]c4=O)cc3C2=O)c1C. The summed E-state index contributed by atoms with van der Waals surface area (Å²) in [4.78, 5) is 66.5. The number of benzene rings is 2. The molecule has 3 amide bonds. The molecule has 1 aliphatic rings. The van der Waals surface area contributed by atoms with Gasteiger partial charge in [-0.3, -0.25) is 24.2 Å². The number of hydrogen-bond donors (Lipinski definition) is 3. The van der Waals surface area contributed by atoms with Crippen molar-refractivity contribution in [2.75, 3.05) is 10.2 Å². The minimum atomic E-state index is -0.763. The molecule has 4 rings (SSSR count). The van der Waals surface area contributed by atoms with Gasteiger partial charge >= 0.3 is 5.69 Å². The number of H-pyrrole nitrogens is 2. The number of nitrogens with one attached hydrogen (secondary N) is 3. The minimum absolute atomic E-state index is 0.0864. The number of anilines is 2. The number of aryl methyl sites for hydroxylation is 1. The van der Waals surface area contributed by atoms with E-state index in [2.05, 4.69) is 10.3 Å². The van der Waals surface area contributed by atoms with E-state index in [0.717, 1.165) is 22.2 Å². The Morgan fingerprint density at radius 1 is 0.967 bits per heavy atom. The number of amides is 3. The summed E-state index contributed by atoms with van der Waals surface area (Å²) in [5, 5.41) is 2.37. The van der Waals surface area contributed by atoms with Gasteiger partial charge in [0.25, 0.3) is 23.3 Å². The van der Waals surface area contributed by atoms with Crippen molar-refractivity contribution in [3.8, 4) is 0 Å². The van der Waals surface area contributed by atoms with Crippen LogP contribution in [0.2, 0.25) is 0 Å². The highest BCUT2D eigenvalue weighted by molar-refractivity contribution is 6.35. The fourth-order valence-electron chi connectivity index (χ4n) is 3.28. The molecule has 3 aromatic rings. The van der Waals surface area contributed by atoms with E-state index in [1.165, 1.54) is 18.2 Å². The Kier molecular flexibility index (Phi) is 4.42. The van der Waals surface area contributed by atoms with Crippen LogP contribution < -0.4 is 21.5 Å². The number of fused-ring (bicyclic) bond motifs is 1. The molecule has 0 fully saturated rings. The minimum Gasteiger partial charge on any atom is -0.316 e. The molecule has 2 aromatic carbocycles. The Morgan fingerprint density at radius 3 is 2.43 bits per heavy atom. The molecule has 9 nitrogen and oxygen atoms in total. The molecule has 150 valence electrons. The van der Waals surface area contributed by atoms with Gasteiger partial charge in [0, 0.05) is 11.8 Å². The lowest BCUT2D eigenvalue weighted by atomic mass is 10.1. The lowest BCUT2D eigenvalue weighted by Gasteiger charge is -2.17. The predicted molar refractivity (Wildman–Crippen MR) is 109 cm³/mol. The van der Waals surface area contributed by atoms with Crippen molar-refractivity contribution < 1.29 is 14.4 Å². The maximum atomic E-state index is 13.0. The first-order valence-corrected chi connectivity index (χ1v) is 9.00. The maximum Gasteiger partial charge on any atom is 0.325 e. The normalized spacial score (nSPS) is 12.8. The van der Waals surface area contributed by atoms with Crippen molar-refractivity contribution in [3.05, 3.63) is 91.3 Å². The van der Waals surface area contributed by atoms with Gasteiger partial charge in [-0.1, -0.05) is 12.1 Å². The van der Waals surface area contributed by atoms with E-state index < -0.39 is 29.0 Å². The summed E-state index contributed by atoms with van der Waals surface area (Å²) in [6.07, 6.45) is 1.07. The standard InChI is InChI=1S/C21H16N4O5/c1-10-4-3-5-16(11(10)2)25-19(28)13-7-6-12(8-14(13)20(25)29)17(26)23-15-9-22-21(30)24-18(15)27/h3-9H,1-2H3,(H,23,26)(H2,22,24,27,30). The number of imide groups is 1. The third-order valence-corrected chi connectivity index (χ3v) is 5.03. The lowest BCUT2D eigenvalue weighted by Crippen LogP contribution is -2.30. The van der Waals surface area contributed by atoms with Crippen molar-refractivity contribution >= 4 is 29.1 Å². The molecule has 0 saturated heterocycles. The predicted octanol–water partition coefficient (Wildman–Crippen LogP) is 1.73. The van der Waals surface area contributed by atoms with Crippen LogP contribution in [0.3, 0.4) is 0 Å². The van der Waals surface area contributed by atoms with Crippen LogP contribution >= 0.6 is 0 Å². The number of aromatic amines is 2. The monoisotopic (exact) mass is 404 g/mol. The Bertz CT molecular complexity index is 1350. The second kappa shape index (κ2) is 6.96. The highest BCUT2D eigenvalue weighted by Crippen LogP contribution is 2.32. The average Bonchev–Trinajstić information content (AvgIpc) is 2.96. The van der Waals surface area contributed by atoms with Crippen LogP contribution in [0.25, 0.3) is 0 Å². The van der Waals surface area contributed by atoms with E-state index in [9.17, 15) is 24.0 Å². The average molecular weight is 404 g/mol. The summed E-state index contributed by atoms with van der Waals surface area (Å²) in [7, 11) is 0. The van der Waals surface area contributed by atoms with E-state index in [4.69, 9.17) is 0 Å². The molecule has 3 N–H and O–H groups in total. The molecular weight excluding hydrogens is 388 g/mol. The molecule has 0 unspecified atom stereocenters. The summed E-state index contributed by atoms with van der Waals surface area (Å²) in [6.45, 7) is 3.72. The van der Waals surface area contributed by atoms with E-state index >= 15 is 0 Å². The van der Waals surface area contributed by atoms with Crippen LogP contribution in [-0.2, 0) is 0 Å². The molecule has 30 heavy (non-hydrogen) atoms. The molecule has 0 radical (unpaired) electrons. The van der Waals surface area contributed by atoms with Crippen LogP contribution in [0.1, 0.15) is 42.2 Å². The van der Waals surface area contributed by atoms with Gasteiger partial charge in [0.2, 0.25) is 0 Å². The summed E-state index contributed by atoms with van der Waals surface area (Å²) >= 11 is 0. The van der Waals surface area contributed by atoms with Crippen molar-refractivity contribution in [1.82, 2.24) is 9.97 Å². The van der Waals surface area contributed by atoms with E-state index in [1.54, 1.807) is 12.1 Å². The molecule has 9 heteroatoms. The molecule has 1 aliphatic heterocycles. The molecule has 1 aromatic heterocycles. The van der Waals surface area contributed by atoms with Crippen molar-refractivity contribution in [3.63, 3.8) is 0 Å².